The van der Waals surface area contributed by atoms with E-state index in [0.29, 0.717) is 11.1 Å². The summed E-state index contributed by atoms with van der Waals surface area (Å²) < 4.78 is 19.0. The van der Waals surface area contributed by atoms with Crippen molar-refractivity contribution in [3.05, 3.63) is 64.0 Å². The molecule has 0 aliphatic carbocycles. The van der Waals surface area contributed by atoms with Crippen LogP contribution in [-0.2, 0) is 6.61 Å². The minimum Gasteiger partial charge on any atom is -0.489 e. The zero-order valence-corrected chi connectivity index (χ0v) is 11.8. The third kappa shape index (κ3) is 2.97. The van der Waals surface area contributed by atoms with E-state index < -0.39 is 0 Å². The van der Waals surface area contributed by atoms with Gasteiger partial charge in [-0.05, 0) is 61.7 Å². The van der Waals surface area contributed by atoms with E-state index >= 15 is 0 Å². The van der Waals surface area contributed by atoms with E-state index in [4.69, 9.17) is 10.00 Å². The summed E-state index contributed by atoms with van der Waals surface area (Å²) in [5.74, 6) is 0.412. The number of benzene rings is 2. The van der Waals surface area contributed by atoms with Gasteiger partial charge in [0.05, 0.1) is 11.6 Å². The topological polar surface area (TPSA) is 33.0 Å². The lowest BCUT2D eigenvalue weighted by atomic mass is 10.1. The second kappa shape index (κ2) is 5.75. The van der Waals surface area contributed by atoms with Crippen molar-refractivity contribution in [3.8, 4) is 11.8 Å². The fourth-order valence-electron chi connectivity index (χ4n) is 2.10. The number of rotatable bonds is 3. The second-order valence-electron chi connectivity index (χ2n) is 4.91. The quantitative estimate of drug-likeness (QED) is 0.836. The molecule has 0 amide bonds. The molecule has 2 aromatic carbocycles. The average Bonchev–Trinajstić information content (AvgIpc) is 2.41. The number of nitriles is 1. The van der Waals surface area contributed by atoms with E-state index in [9.17, 15) is 4.39 Å². The first-order valence-corrected chi connectivity index (χ1v) is 6.40. The van der Waals surface area contributed by atoms with Crippen LogP contribution in [0.25, 0.3) is 0 Å². The highest BCUT2D eigenvalue weighted by atomic mass is 19.1. The number of nitrogens with zero attached hydrogens (tertiary/aromatic N) is 1. The van der Waals surface area contributed by atoms with Crippen LogP contribution in [0, 0.1) is 37.9 Å². The highest BCUT2D eigenvalue weighted by Crippen LogP contribution is 2.24. The van der Waals surface area contributed by atoms with Gasteiger partial charge in [-0.15, -0.1) is 0 Å². The summed E-state index contributed by atoms with van der Waals surface area (Å²) in [6.45, 7) is 6.20. The van der Waals surface area contributed by atoms with Gasteiger partial charge in [0, 0.05) is 5.56 Å². The summed E-state index contributed by atoms with van der Waals surface area (Å²) in [5, 5.41) is 9.02. The molecule has 2 nitrogen and oxygen atoms in total. The standard InChI is InChI=1S/C17H16FNO/c1-11-6-12(2)13(3)17(7-11)20-10-15-8-16(18)5-4-14(15)9-19/h4-8H,10H2,1-3H3. The Hall–Kier alpha value is -2.34. The van der Waals surface area contributed by atoms with Crippen LogP contribution in [0.1, 0.15) is 27.8 Å². The Morgan fingerprint density at radius 1 is 1.15 bits per heavy atom. The zero-order valence-electron chi connectivity index (χ0n) is 11.8. The Bertz CT molecular complexity index is 686. The number of hydrogen-bond acceptors (Lipinski definition) is 2. The molecular formula is C17H16FNO. The van der Waals surface area contributed by atoms with E-state index in [-0.39, 0.29) is 12.4 Å². The van der Waals surface area contributed by atoms with Gasteiger partial charge in [-0.3, -0.25) is 0 Å². The number of ether oxygens (including phenoxy) is 1. The average molecular weight is 269 g/mol. The molecule has 102 valence electrons. The number of halogens is 1. The van der Waals surface area contributed by atoms with Gasteiger partial charge in [-0.2, -0.15) is 5.26 Å². The third-order valence-corrected chi connectivity index (χ3v) is 3.33. The molecule has 0 aromatic heterocycles. The zero-order chi connectivity index (χ0) is 14.7. The van der Waals surface area contributed by atoms with Crippen LogP contribution in [-0.4, -0.2) is 0 Å². The Kier molecular flexibility index (Phi) is 4.05. The van der Waals surface area contributed by atoms with Crippen LogP contribution >= 0.6 is 0 Å². The first kappa shape index (κ1) is 14.1. The molecule has 0 saturated carbocycles. The first-order chi connectivity index (χ1) is 9.51. The molecule has 2 aromatic rings. The number of aryl methyl sites for hydroxylation is 2. The van der Waals surface area contributed by atoms with Crippen LogP contribution in [0.2, 0.25) is 0 Å². The smallest absolute Gasteiger partial charge is 0.123 e. The highest BCUT2D eigenvalue weighted by Gasteiger charge is 2.08. The monoisotopic (exact) mass is 269 g/mol. The van der Waals surface area contributed by atoms with Gasteiger partial charge in [0.2, 0.25) is 0 Å². The fourth-order valence-corrected chi connectivity index (χ4v) is 2.10. The molecule has 0 heterocycles. The lowest BCUT2D eigenvalue weighted by Gasteiger charge is -2.13. The predicted molar refractivity (Wildman–Crippen MR) is 76.1 cm³/mol. The highest BCUT2D eigenvalue weighted by molar-refractivity contribution is 5.43. The normalized spacial score (nSPS) is 10.2. The van der Waals surface area contributed by atoms with Crippen LogP contribution in [0.4, 0.5) is 4.39 Å². The van der Waals surface area contributed by atoms with Gasteiger partial charge in [-0.25, -0.2) is 4.39 Å². The molecule has 0 saturated heterocycles. The summed E-state index contributed by atoms with van der Waals surface area (Å²) in [5.41, 5.74) is 4.33. The van der Waals surface area contributed by atoms with Crippen LogP contribution < -0.4 is 4.74 Å². The van der Waals surface area contributed by atoms with E-state index in [1.54, 1.807) is 0 Å². The largest absolute Gasteiger partial charge is 0.489 e. The van der Waals surface area contributed by atoms with Crippen molar-refractivity contribution in [1.82, 2.24) is 0 Å². The lowest BCUT2D eigenvalue weighted by Crippen LogP contribution is -2.01. The molecule has 0 fully saturated rings. The minimum absolute atomic E-state index is 0.185. The summed E-state index contributed by atoms with van der Waals surface area (Å²) in [6.07, 6.45) is 0. The summed E-state index contributed by atoms with van der Waals surface area (Å²) in [7, 11) is 0. The third-order valence-electron chi connectivity index (χ3n) is 3.33. The van der Waals surface area contributed by atoms with E-state index in [0.717, 1.165) is 22.4 Å². The molecule has 3 heteroatoms. The first-order valence-electron chi connectivity index (χ1n) is 6.40. The second-order valence-corrected chi connectivity index (χ2v) is 4.91. The minimum atomic E-state index is -0.361. The van der Waals surface area contributed by atoms with Crippen molar-refractivity contribution in [1.29, 1.82) is 5.26 Å². The fraction of sp³-hybridized carbons (Fsp3) is 0.235. The Morgan fingerprint density at radius 3 is 2.60 bits per heavy atom. The molecule has 0 aliphatic rings. The van der Waals surface area contributed by atoms with Crippen molar-refractivity contribution in [2.24, 2.45) is 0 Å². The van der Waals surface area contributed by atoms with Crippen LogP contribution in [0.5, 0.6) is 5.75 Å². The summed E-state index contributed by atoms with van der Waals surface area (Å²) in [6, 6.07) is 10.2. The molecule has 0 N–H and O–H groups in total. The molecule has 0 spiro atoms. The van der Waals surface area contributed by atoms with Crippen LogP contribution in [0.3, 0.4) is 0 Å². The van der Waals surface area contributed by atoms with E-state index in [1.807, 2.05) is 32.9 Å². The van der Waals surface area contributed by atoms with Gasteiger partial charge in [0.1, 0.15) is 18.2 Å². The van der Waals surface area contributed by atoms with Crippen molar-refractivity contribution >= 4 is 0 Å². The Labute approximate surface area is 118 Å². The molecule has 0 bridgehead atoms. The van der Waals surface area contributed by atoms with Crippen molar-refractivity contribution in [2.75, 3.05) is 0 Å². The molecule has 20 heavy (non-hydrogen) atoms. The molecule has 0 atom stereocenters. The van der Waals surface area contributed by atoms with Crippen LogP contribution in [0.15, 0.2) is 30.3 Å². The molecule has 0 unspecified atom stereocenters. The van der Waals surface area contributed by atoms with E-state index in [1.165, 1.54) is 18.2 Å². The van der Waals surface area contributed by atoms with Crippen molar-refractivity contribution in [2.45, 2.75) is 27.4 Å². The maximum Gasteiger partial charge on any atom is 0.123 e. The molecule has 2 rings (SSSR count). The molecule has 0 aliphatic heterocycles. The maximum atomic E-state index is 13.3. The Balaban J connectivity index is 2.26. The SMILES string of the molecule is Cc1cc(C)c(C)c(OCc2cc(F)ccc2C#N)c1. The maximum absolute atomic E-state index is 13.3. The van der Waals surface area contributed by atoms with Gasteiger partial charge >= 0.3 is 0 Å². The Morgan fingerprint density at radius 2 is 1.90 bits per heavy atom. The van der Waals surface area contributed by atoms with Gasteiger partial charge in [0.25, 0.3) is 0 Å². The van der Waals surface area contributed by atoms with Gasteiger partial charge in [0.15, 0.2) is 0 Å². The predicted octanol–water partition coefficient (Wildman–Crippen LogP) is 4.20. The number of hydrogen-bond donors (Lipinski definition) is 0. The summed E-state index contributed by atoms with van der Waals surface area (Å²) >= 11 is 0. The lowest BCUT2D eigenvalue weighted by molar-refractivity contribution is 0.302. The molecule has 0 radical (unpaired) electrons. The summed E-state index contributed by atoms with van der Waals surface area (Å²) in [4.78, 5) is 0. The van der Waals surface area contributed by atoms with Crippen molar-refractivity contribution in [3.63, 3.8) is 0 Å². The van der Waals surface area contributed by atoms with E-state index in [2.05, 4.69) is 6.07 Å². The van der Waals surface area contributed by atoms with Gasteiger partial charge < -0.3 is 4.74 Å². The van der Waals surface area contributed by atoms with Crippen molar-refractivity contribution < 1.29 is 9.13 Å². The molecular weight excluding hydrogens is 253 g/mol. The van der Waals surface area contributed by atoms with Gasteiger partial charge in [-0.1, -0.05) is 6.07 Å².